The Morgan fingerprint density at radius 2 is 1.88 bits per heavy atom. The number of ether oxygens (including phenoxy) is 1. The molecule has 1 unspecified atom stereocenters. The number of aryl methyl sites for hydroxylation is 1. The van der Waals surface area contributed by atoms with Gasteiger partial charge in [0.25, 0.3) is 0 Å². The van der Waals surface area contributed by atoms with Crippen molar-refractivity contribution < 1.29 is 17.9 Å². The van der Waals surface area contributed by atoms with Crippen LogP contribution in [0, 0.1) is 0 Å². The zero-order valence-electron chi connectivity index (χ0n) is 19.5. The van der Waals surface area contributed by atoms with Crippen LogP contribution in [0.3, 0.4) is 0 Å². The summed E-state index contributed by atoms with van der Waals surface area (Å²) in [5.41, 5.74) is 3.47. The number of nitrogens with zero attached hydrogens (tertiary/aromatic N) is 3. The normalized spacial score (nSPS) is 16.7. The van der Waals surface area contributed by atoms with Crippen LogP contribution >= 0.6 is 0 Å². The molecule has 2 heterocycles. The van der Waals surface area contributed by atoms with Crippen molar-refractivity contribution in [3.63, 3.8) is 0 Å². The third-order valence-corrected chi connectivity index (χ3v) is 7.07. The van der Waals surface area contributed by atoms with Crippen molar-refractivity contribution in [2.75, 3.05) is 17.5 Å². The number of benzene rings is 1. The van der Waals surface area contributed by atoms with Crippen molar-refractivity contribution in [1.29, 1.82) is 0 Å². The Kier molecular flexibility index (Phi) is 7.61. The van der Waals surface area contributed by atoms with Gasteiger partial charge in [0.1, 0.15) is 0 Å². The van der Waals surface area contributed by atoms with E-state index in [0.717, 1.165) is 29.5 Å². The minimum absolute atomic E-state index is 0.0136. The molecule has 176 valence electrons. The van der Waals surface area contributed by atoms with Gasteiger partial charge in [-0.1, -0.05) is 45.9 Å². The number of hydrogen-bond acceptors (Lipinski definition) is 5. The van der Waals surface area contributed by atoms with Gasteiger partial charge >= 0.3 is 10.2 Å². The van der Waals surface area contributed by atoms with Crippen LogP contribution < -0.4 is 9.03 Å². The van der Waals surface area contributed by atoms with E-state index in [-0.39, 0.29) is 19.1 Å². The van der Waals surface area contributed by atoms with Gasteiger partial charge < -0.3 is 4.74 Å². The maximum absolute atomic E-state index is 13.2. The summed E-state index contributed by atoms with van der Waals surface area (Å²) in [5.74, 6) is 0.0558. The third kappa shape index (κ3) is 6.10. The molecule has 1 aliphatic rings. The third-order valence-electron chi connectivity index (χ3n) is 5.64. The molecule has 32 heavy (non-hydrogen) atoms. The molecule has 2 aromatic rings. The van der Waals surface area contributed by atoms with Gasteiger partial charge in [0.05, 0.1) is 31.0 Å². The van der Waals surface area contributed by atoms with Gasteiger partial charge in [-0.2, -0.15) is 13.5 Å². The molecule has 1 amide bonds. The molecule has 3 rings (SSSR count). The Morgan fingerprint density at radius 1 is 1.22 bits per heavy atom. The smallest absolute Gasteiger partial charge is 0.326 e. The van der Waals surface area contributed by atoms with E-state index in [1.165, 1.54) is 15.2 Å². The number of anilines is 1. The summed E-state index contributed by atoms with van der Waals surface area (Å²) in [6.07, 6.45) is 4.53. The van der Waals surface area contributed by atoms with E-state index >= 15 is 0 Å². The van der Waals surface area contributed by atoms with Crippen LogP contribution in [0.1, 0.15) is 69.1 Å². The zero-order chi connectivity index (χ0) is 23.5. The fourth-order valence-electron chi connectivity index (χ4n) is 3.79. The van der Waals surface area contributed by atoms with Gasteiger partial charge in [-0.15, -0.1) is 0 Å². The second-order valence-corrected chi connectivity index (χ2v) is 10.7. The lowest BCUT2D eigenvalue weighted by Gasteiger charge is -2.25. The zero-order valence-corrected chi connectivity index (χ0v) is 20.4. The lowest BCUT2D eigenvalue weighted by atomic mass is 9.92. The first kappa shape index (κ1) is 24.3. The van der Waals surface area contributed by atoms with Crippen LogP contribution in [0.25, 0.3) is 0 Å². The van der Waals surface area contributed by atoms with Crippen molar-refractivity contribution in [3.05, 3.63) is 47.3 Å². The molecule has 0 spiro atoms. The second kappa shape index (κ2) is 10.0. The van der Waals surface area contributed by atoms with Crippen LogP contribution in [0.5, 0.6) is 0 Å². The molecular formula is C23H34N4O4S. The first-order valence-electron chi connectivity index (χ1n) is 11.1. The van der Waals surface area contributed by atoms with E-state index in [1.807, 2.05) is 12.1 Å². The van der Waals surface area contributed by atoms with Crippen LogP contribution in [0.4, 0.5) is 5.69 Å². The molecule has 0 aliphatic carbocycles. The fourth-order valence-corrected chi connectivity index (χ4v) is 4.99. The average Bonchev–Trinajstić information content (AvgIpc) is 3.36. The van der Waals surface area contributed by atoms with Crippen molar-refractivity contribution in [2.24, 2.45) is 7.05 Å². The van der Waals surface area contributed by atoms with Crippen LogP contribution in [-0.2, 0) is 33.2 Å². The first-order chi connectivity index (χ1) is 15.0. The Bertz CT molecular complexity index is 1010. The highest BCUT2D eigenvalue weighted by Gasteiger charge is 2.30. The molecule has 0 radical (unpaired) electrons. The van der Waals surface area contributed by atoms with Crippen molar-refractivity contribution in [2.45, 2.75) is 64.9 Å². The summed E-state index contributed by atoms with van der Waals surface area (Å²) in [4.78, 5) is 12.8. The lowest BCUT2D eigenvalue weighted by molar-refractivity contribution is -0.118. The van der Waals surface area contributed by atoms with Gasteiger partial charge in [0.15, 0.2) is 0 Å². The molecule has 9 heteroatoms. The molecule has 8 nitrogen and oxygen atoms in total. The van der Waals surface area contributed by atoms with Gasteiger partial charge in [-0.3, -0.25) is 9.48 Å². The highest BCUT2D eigenvalue weighted by atomic mass is 32.2. The maximum Gasteiger partial charge on any atom is 0.326 e. The molecule has 1 N–H and O–H groups in total. The second-order valence-electron chi connectivity index (χ2n) is 9.06. The first-order valence-corrected chi connectivity index (χ1v) is 12.6. The van der Waals surface area contributed by atoms with Crippen molar-refractivity contribution in [3.8, 4) is 0 Å². The van der Waals surface area contributed by atoms with E-state index in [2.05, 4.69) is 43.6 Å². The number of hydrogen-bond donors (Lipinski definition) is 1. The van der Waals surface area contributed by atoms with Crippen LogP contribution in [0.2, 0.25) is 0 Å². The van der Waals surface area contributed by atoms with E-state index in [0.29, 0.717) is 24.1 Å². The predicted octanol–water partition coefficient (Wildman–Crippen LogP) is 3.26. The summed E-state index contributed by atoms with van der Waals surface area (Å²) in [6, 6.07) is 6.11. The van der Waals surface area contributed by atoms with E-state index in [1.54, 1.807) is 13.2 Å². The SMILES string of the molecule is CC(C)c1cc(CC(=O)NS(=O)(=O)N(CC2CCCO2)c2cnn(C)c2)cc(C(C)C)c1. The number of nitrogens with one attached hydrogen (secondary N) is 1. The Balaban J connectivity index is 1.79. The maximum atomic E-state index is 13.2. The van der Waals surface area contributed by atoms with Crippen molar-refractivity contribution in [1.82, 2.24) is 14.5 Å². The molecular weight excluding hydrogens is 428 g/mol. The number of aromatic nitrogens is 2. The molecule has 1 saturated heterocycles. The number of rotatable bonds is 9. The van der Waals surface area contributed by atoms with Gasteiger partial charge in [0, 0.05) is 19.9 Å². The number of carbonyl (C=O) groups excluding carboxylic acids is 1. The van der Waals surface area contributed by atoms with Crippen LogP contribution in [0.15, 0.2) is 30.6 Å². The van der Waals surface area contributed by atoms with E-state index < -0.39 is 16.1 Å². The largest absolute Gasteiger partial charge is 0.376 e. The Hall–Kier alpha value is -2.39. The van der Waals surface area contributed by atoms with Crippen molar-refractivity contribution >= 4 is 21.8 Å². The molecule has 1 atom stereocenters. The summed E-state index contributed by atoms with van der Waals surface area (Å²) in [5, 5.41) is 4.08. The Labute approximate surface area is 191 Å². The standard InChI is InChI=1S/C23H34N4O4S/c1-16(2)19-9-18(10-20(12-19)17(3)4)11-23(28)25-32(29,30)27(15-22-7-6-8-31-22)21-13-24-26(5)14-21/h9-10,12-14,16-17,22H,6-8,11,15H2,1-5H3,(H,25,28). The predicted molar refractivity (Wildman–Crippen MR) is 125 cm³/mol. The quantitative estimate of drug-likeness (QED) is 0.617. The minimum Gasteiger partial charge on any atom is -0.376 e. The molecule has 1 fully saturated rings. The summed E-state index contributed by atoms with van der Waals surface area (Å²) in [6.45, 7) is 9.15. The van der Waals surface area contributed by atoms with Gasteiger partial charge in [-0.05, 0) is 41.4 Å². The van der Waals surface area contributed by atoms with E-state index in [9.17, 15) is 13.2 Å². The molecule has 1 aromatic carbocycles. The minimum atomic E-state index is -4.12. The van der Waals surface area contributed by atoms with E-state index in [4.69, 9.17) is 4.74 Å². The lowest BCUT2D eigenvalue weighted by Crippen LogP contribution is -2.47. The monoisotopic (exact) mass is 462 g/mol. The molecule has 1 aliphatic heterocycles. The number of carbonyl (C=O) groups is 1. The molecule has 0 saturated carbocycles. The fraction of sp³-hybridized carbons (Fsp3) is 0.565. The Morgan fingerprint density at radius 3 is 2.38 bits per heavy atom. The molecule has 1 aromatic heterocycles. The summed E-state index contributed by atoms with van der Waals surface area (Å²) in [7, 11) is -2.41. The summed E-state index contributed by atoms with van der Waals surface area (Å²) >= 11 is 0. The number of amides is 1. The van der Waals surface area contributed by atoms with Gasteiger partial charge in [0.2, 0.25) is 5.91 Å². The highest BCUT2D eigenvalue weighted by molar-refractivity contribution is 7.91. The summed E-state index contributed by atoms with van der Waals surface area (Å²) < 4.78 is 37.0. The van der Waals surface area contributed by atoms with Crippen LogP contribution in [-0.4, -0.2) is 43.4 Å². The highest BCUT2D eigenvalue weighted by Crippen LogP contribution is 2.24. The molecule has 0 bridgehead atoms. The average molecular weight is 463 g/mol. The topological polar surface area (TPSA) is 93.5 Å². The van der Waals surface area contributed by atoms with Gasteiger partial charge in [-0.25, -0.2) is 9.03 Å².